The fourth-order valence-corrected chi connectivity index (χ4v) is 4.29. The molecule has 1 aromatic carbocycles. The molecule has 1 aliphatic rings. The molecule has 5 rings (SSSR count). The summed E-state index contributed by atoms with van der Waals surface area (Å²) in [6.07, 6.45) is 3.06. The topological polar surface area (TPSA) is 72.7 Å². The number of aromatic nitrogens is 4. The highest BCUT2D eigenvalue weighted by atomic mass is 32.1. The fourth-order valence-electron chi connectivity index (χ4n) is 3.59. The molecule has 4 aromatic rings. The zero-order valence-corrected chi connectivity index (χ0v) is 16.4. The smallest absolute Gasteiger partial charge is 0.261 e. The summed E-state index contributed by atoms with van der Waals surface area (Å²) in [6.45, 7) is 0.666. The van der Waals surface area contributed by atoms with Crippen LogP contribution in [0.2, 0.25) is 0 Å². The van der Waals surface area contributed by atoms with Crippen molar-refractivity contribution in [1.82, 2.24) is 19.7 Å². The van der Waals surface area contributed by atoms with Crippen LogP contribution in [0.3, 0.4) is 0 Å². The number of benzene rings is 1. The second-order valence-electron chi connectivity index (χ2n) is 6.79. The number of rotatable bonds is 4. The van der Waals surface area contributed by atoms with Gasteiger partial charge in [0.15, 0.2) is 5.13 Å². The molecular formula is C21H15F2N5OS. The van der Waals surface area contributed by atoms with Crippen LogP contribution in [-0.4, -0.2) is 25.7 Å². The first kappa shape index (κ1) is 18.6. The van der Waals surface area contributed by atoms with Gasteiger partial charge < -0.3 is 0 Å². The number of fused-ring (bicyclic) bond motifs is 1. The first-order valence-electron chi connectivity index (χ1n) is 9.35. The standard InChI is InChI=1S/C21H15F2N5OS/c22-13-7-2-1-6-12(13)17-16(15-9-5-11-28(15)27-17)20(29)26-21-25-18(19(23)30-21)14-8-3-4-10-24-14/h1-4,6-8,10H,5,9,11H2,(H,25,26,29). The highest BCUT2D eigenvalue weighted by Gasteiger charge is 2.29. The quantitative estimate of drug-likeness (QED) is 0.523. The maximum atomic E-state index is 14.4. The second kappa shape index (κ2) is 7.42. The first-order chi connectivity index (χ1) is 14.6. The van der Waals surface area contributed by atoms with Gasteiger partial charge in [0.25, 0.3) is 5.91 Å². The van der Waals surface area contributed by atoms with Crippen LogP contribution in [-0.2, 0) is 13.0 Å². The Hall–Kier alpha value is -3.46. The zero-order chi connectivity index (χ0) is 20.7. The van der Waals surface area contributed by atoms with Crippen LogP contribution >= 0.6 is 11.3 Å². The summed E-state index contributed by atoms with van der Waals surface area (Å²) in [6, 6.07) is 11.3. The molecule has 9 heteroatoms. The van der Waals surface area contributed by atoms with E-state index in [1.165, 1.54) is 6.07 Å². The van der Waals surface area contributed by atoms with Crippen LogP contribution in [0.1, 0.15) is 22.5 Å². The number of aryl methyl sites for hydroxylation is 1. The molecule has 0 unspecified atom stereocenters. The molecule has 1 aliphatic heterocycles. The van der Waals surface area contributed by atoms with Gasteiger partial charge >= 0.3 is 0 Å². The highest BCUT2D eigenvalue weighted by Crippen LogP contribution is 2.33. The minimum absolute atomic E-state index is 0.0745. The average Bonchev–Trinajstić information content (AvgIpc) is 3.43. The molecule has 1 N–H and O–H groups in total. The van der Waals surface area contributed by atoms with E-state index >= 15 is 0 Å². The van der Waals surface area contributed by atoms with Gasteiger partial charge in [-0.3, -0.25) is 19.8 Å². The summed E-state index contributed by atoms with van der Waals surface area (Å²) >= 11 is 0.722. The number of carbonyl (C=O) groups is 1. The SMILES string of the molecule is O=C(Nc1nc(-c2ccccn2)c(F)s1)c1c(-c2ccccc2F)nn2c1CCC2. The van der Waals surface area contributed by atoms with Gasteiger partial charge in [-0.1, -0.05) is 29.5 Å². The Bertz CT molecular complexity index is 1250. The lowest BCUT2D eigenvalue weighted by Gasteiger charge is -2.06. The number of hydrogen-bond acceptors (Lipinski definition) is 5. The first-order valence-corrected chi connectivity index (χ1v) is 10.2. The summed E-state index contributed by atoms with van der Waals surface area (Å²) in [7, 11) is 0. The monoisotopic (exact) mass is 423 g/mol. The highest BCUT2D eigenvalue weighted by molar-refractivity contribution is 7.14. The maximum Gasteiger partial charge on any atom is 0.261 e. The number of nitrogens with one attached hydrogen (secondary N) is 1. The van der Waals surface area contributed by atoms with Crippen molar-refractivity contribution in [3.8, 4) is 22.6 Å². The van der Waals surface area contributed by atoms with Gasteiger partial charge in [-0.15, -0.1) is 0 Å². The van der Waals surface area contributed by atoms with Crippen molar-refractivity contribution in [2.75, 3.05) is 5.32 Å². The molecule has 0 saturated heterocycles. The fraction of sp³-hybridized carbons (Fsp3) is 0.143. The molecule has 0 fully saturated rings. The Morgan fingerprint density at radius 3 is 2.73 bits per heavy atom. The van der Waals surface area contributed by atoms with Crippen molar-refractivity contribution < 1.29 is 13.6 Å². The van der Waals surface area contributed by atoms with Crippen LogP contribution in [0.25, 0.3) is 22.6 Å². The number of amides is 1. The van der Waals surface area contributed by atoms with E-state index in [9.17, 15) is 13.6 Å². The predicted octanol–water partition coefficient (Wildman–Crippen LogP) is 4.55. The number of carbonyl (C=O) groups excluding carboxylic acids is 1. The number of hydrogen-bond donors (Lipinski definition) is 1. The molecule has 1 amide bonds. The van der Waals surface area contributed by atoms with Crippen molar-refractivity contribution in [2.45, 2.75) is 19.4 Å². The van der Waals surface area contributed by atoms with E-state index in [4.69, 9.17) is 0 Å². The predicted molar refractivity (Wildman–Crippen MR) is 109 cm³/mol. The van der Waals surface area contributed by atoms with Crippen molar-refractivity contribution in [1.29, 1.82) is 0 Å². The number of pyridine rings is 1. The Kier molecular flexibility index (Phi) is 4.59. The van der Waals surface area contributed by atoms with Crippen LogP contribution in [0, 0.1) is 10.9 Å². The van der Waals surface area contributed by atoms with Gasteiger partial charge in [0.2, 0.25) is 5.13 Å². The lowest BCUT2D eigenvalue weighted by molar-refractivity contribution is 0.102. The third-order valence-corrected chi connectivity index (χ3v) is 5.67. The molecule has 6 nitrogen and oxygen atoms in total. The molecule has 3 aromatic heterocycles. The lowest BCUT2D eigenvalue weighted by atomic mass is 10.0. The molecule has 30 heavy (non-hydrogen) atoms. The normalized spacial score (nSPS) is 12.7. The molecule has 0 bridgehead atoms. The van der Waals surface area contributed by atoms with Crippen LogP contribution in [0.15, 0.2) is 48.7 Å². The van der Waals surface area contributed by atoms with E-state index in [-0.39, 0.29) is 22.1 Å². The van der Waals surface area contributed by atoms with E-state index in [0.29, 0.717) is 24.2 Å². The van der Waals surface area contributed by atoms with E-state index in [1.807, 2.05) is 0 Å². The molecule has 0 spiro atoms. The van der Waals surface area contributed by atoms with Gasteiger partial charge in [-0.2, -0.15) is 9.49 Å². The summed E-state index contributed by atoms with van der Waals surface area (Å²) in [5, 5.41) is 6.69. The second-order valence-corrected chi connectivity index (χ2v) is 7.74. The number of halogens is 2. The Morgan fingerprint density at radius 2 is 1.93 bits per heavy atom. The number of anilines is 1. The molecule has 0 atom stereocenters. The Labute approximate surface area is 174 Å². The molecule has 0 aliphatic carbocycles. The van der Waals surface area contributed by atoms with Gasteiger partial charge in [0.05, 0.1) is 17.0 Å². The van der Waals surface area contributed by atoms with Gasteiger partial charge in [-0.05, 0) is 37.1 Å². The van der Waals surface area contributed by atoms with E-state index in [0.717, 1.165) is 23.5 Å². The largest absolute Gasteiger partial charge is 0.298 e. The van der Waals surface area contributed by atoms with E-state index in [2.05, 4.69) is 20.4 Å². The minimum Gasteiger partial charge on any atom is -0.298 e. The molecule has 0 saturated carbocycles. The van der Waals surface area contributed by atoms with E-state index in [1.54, 1.807) is 47.3 Å². The number of thiazole rings is 1. The molecule has 150 valence electrons. The van der Waals surface area contributed by atoms with Crippen molar-refractivity contribution in [2.24, 2.45) is 0 Å². The van der Waals surface area contributed by atoms with Crippen molar-refractivity contribution in [3.05, 3.63) is 70.9 Å². The summed E-state index contributed by atoms with van der Waals surface area (Å²) in [5.41, 5.74) is 2.03. The summed E-state index contributed by atoms with van der Waals surface area (Å²) in [4.78, 5) is 21.4. The lowest BCUT2D eigenvalue weighted by Crippen LogP contribution is -2.14. The Balaban J connectivity index is 1.52. The summed E-state index contributed by atoms with van der Waals surface area (Å²) in [5.74, 6) is -0.946. The summed E-state index contributed by atoms with van der Waals surface area (Å²) < 4.78 is 30.5. The molecule has 4 heterocycles. The van der Waals surface area contributed by atoms with Gasteiger partial charge in [0.1, 0.15) is 17.2 Å². The van der Waals surface area contributed by atoms with Crippen LogP contribution in [0.5, 0.6) is 0 Å². The average molecular weight is 423 g/mol. The van der Waals surface area contributed by atoms with Gasteiger partial charge in [-0.25, -0.2) is 9.37 Å². The van der Waals surface area contributed by atoms with E-state index < -0.39 is 16.9 Å². The van der Waals surface area contributed by atoms with Crippen molar-refractivity contribution >= 4 is 22.4 Å². The Morgan fingerprint density at radius 1 is 1.10 bits per heavy atom. The molecular weight excluding hydrogens is 408 g/mol. The van der Waals surface area contributed by atoms with Crippen molar-refractivity contribution in [3.63, 3.8) is 0 Å². The van der Waals surface area contributed by atoms with Crippen LogP contribution in [0.4, 0.5) is 13.9 Å². The zero-order valence-electron chi connectivity index (χ0n) is 15.6. The third-order valence-electron chi connectivity index (χ3n) is 4.91. The maximum absolute atomic E-state index is 14.4. The minimum atomic E-state index is -0.543. The number of nitrogens with zero attached hydrogens (tertiary/aromatic N) is 4. The third kappa shape index (κ3) is 3.17. The molecule has 0 radical (unpaired) electrons. The van der Waals surface area contributed by atoms with Crippen LogP contribution < -0.4 is 5.32 Å². The van der Waals surface area contributed by atoms with Gasteiger partial charge in [0, 0.05) is 18.3 Å².